The van der Waals surface area contributed by atoms with Crippen molar-refractivity contribution in [2.75, 3.05) is 19.8 Å². The molecule has 0 saturated heterocycles. The zero-order valence-electron chi connectivity index (χ0n) is 24.0. The van der Waals surface area contributed by atoms with Crippen LogP contribution in [0.3, 0.4) is 0 Å². The van der Waals surface area contributed by atoms with Gasteiger partial charge in [0.15, 0.2) is 0 Å². The zero-order chi connectivity index (χ0) is 26.4. The van der Waals surface area contributed by atoms with Crippen LogP contribution in [-0.4, -0.2) is 37.0 Å². The number of aliphatic hydroxyl groups is 1. The number of carbonyl (C=O) groups is 1. The van der Waals surface area contributed by atoms with E-state index in [1.807, 2.05) is 0 Å². The molecule has 1 unspecified atom stereocenters. The van der Waals surface area contributed by atoms with Crippen molar-refractivity contribution in [1.29, 1.82) is 0 Å². The Morgan fingerprint density at radius 3 is 1.75 bits per heavy atom. The number of hydrogen-bond acceptors (Lipinski definition) is 4. The monoisotopic (exact) mass is 508 g/mol. The second-order valence-corrected chi connectivity index (χ2v) is 10.2. The summed E-state index contributed by atoms with van der Waals surface area (Å²) in [4.78, 5) is 11.9. The van der Waals surface area contributed by atoms with Crippen molar-refractivity contribution >= 4 is 5.97 Å². The van der Waals surface area contributed by atoms with Gasteiger partial charge in [0.05, 0.1) is 13.2 Å². The minimum absolute atomic E-state index is 0.173. The summed E-state index contributed by atoms with van der Waals surface area (Å²) >= 11 is 0. The van der Waals surface area contributed by atoms with E-state index in [9.17, 15) is 9.90 Å². The third kappa shape index (κ3) is 27.5. The van der Waals surface area contributed by atoms with Gasteiger partial charge >= 0.3 is 5.97 Å². The van der Waals surface area contributed by atoms with E-state index < -0.39 is 6.10 Å². The van der Waals surface area contributed by atoms with Crippen LogP contribution in [0, 0.1) is 0 Å². The molecule has 0 aromatic heterocycles. The van der Waals surface area contributed by atoms with Gasteiger partial charge in [-0.05, 0) is 44.9 Å². The fourth-order valence-corrected chi connectivity index (χ4v) is 4.18. The third-order valence-electron chi connectivity index (χ3n) is 6.53. The van der Waals surface area contributed by atoms with E-state index in [4.69, 9.17) is 9.47 Å². The molecular weight excluding hydrogens is 448 g/mol. The third-order valence-corrected chi connectivity index (χ3v) is 6.53. The van der Waals surface area contributed by atoms with Crippen molar-refractivity contribution in [3.05, 3.63) is 24.3 Å². The van der Waals surface area contributed by atoms with Gasteiger partial charge in [-0.2, -0.15) is 0 Å². The van der Waals surface area contributed by atoms with Crippen LogP contribution in [0.4, 0.5) is 0 Å². The van der Waals surface area contributed by atoms with Crippen LogP contribution in [0.1, 0.15) is 149 Å². The first kappa shape index (κ1) is 34.9. The van der Waals surface area contributed by atoms with Gasteiger partial charge in [-0.1, -0.05) is 122 Å². The number of hydrogen-bond donors (Lipinski definition) is 1. The Bertz CT molecular complexity index is 500. The smallest absolute Gasteiger partial charge is 0.306 e. The number of carbonyl (C=O) groups excluding carboxylic acids is 1. The molecule has 1 N–H and O–H groups in total. The van der Waals surface area contributed by atoms with E-state index in [1.54, 1.807) is 0 Å². The van der Waals surface area contributed by atoms with Crippen LogP contribution >= 0.6 is 0 Å². The molecule has 1 atom stereocenters. The average Bonchev–Trinajstić information content (AvgIpc) is 2.88. The van der Waals surface area contributed by atoms with Crippen LogP contribution in [0.5, 0.6) is 0 Å². The average molecular weight is 509 g/mol. The van der Waals surface area contributed by atoms with Crippen LogP contribution in [0.25, 0.3) is 0 Å². The van der Waals surface area contributed by atoms with Gasteiger partial charge in [-0.25, -0.2) is 0 Å². The molecule has 0 aliphatic carbocycles. The molecule has 4 nitrogen and oxygen atoms in total. The van der Waals surface area contributed by atoms with Crippen molar-refractivity contribution in [2.24, 2.45) is 0 Å². The highest BCUT2D eigenvalue weighted by Crippen LogP contribution is 2.11. The SMILES string of the molecule is CCCCCC/C=C\C/C=C\CCCCCCCCCCOCC(CO)OC(=O)CCCCCCC. The van der Waals surface area contributed by atoms with Crippen LogP contribution in [0.15, 0.2) is 24.3 Å². The number of unbranched alkanes of at least 4 members (excludes halogenated alkanes) is 16. The van der Waals surface area contributed by atoms with Gasteiger partial charge in [0, 0.05) is 13.0 Å². The minimum atomic E-state index is -0.528. The normalized spacial score (nSPS) is 12.6. The summed E-state index contributed by atoms with van der Waals surface area (Å²) in [5.74, 6) is -0.217. The van der Waals surface area contributed by atoms with E-state index in [-0.39, 0.29) is 12.6 Å². The molecule has 0 heterocycles. The van der Waals surface area contributed by atoms with Gasteiger partial charge in [0.2, 0.25) is 0 Å². The maximum Gasteiger partial charge on any atom is 0.306 e. The molecule has 0 spiro atoms. The summed E-state index contributed by atoms with van der Waals surface area (Å²) in [6.07, 6.45) is 33.7. The predicted molar refractivity (Wildman–Crippen MR) is 154 cm³/mol. The summed E-state index contributed by atoms with van der Waals surface area (Å²) in [6.45, 7) is 5.23. The molecule has 36 heavy (non-hydrogen) atoms. The molecule has 0 fully saturated rings. The first-order chi connectivity index (χ1) is 17.7. The molecule has 0 saturated carbocycles. The molecule has 0 bridgehead atoms. The second-order valence-electron chi connectivity index (χ2n) is 10.2. The number of ether oxygens (including phenoxy) is 2. The van der Waals surface area contributed by atoms with Crippen molar-refractivity contribution in [3.63, 3.8) is 0 Å². The quantitative estimate of drug-likeness (QED) is 0.0650. The molecule has 0 rings (SSSR count). The molecule has 0 radical (unpaired) electrons. The first-order valence-corrected chi connectivity index (χ1v) is 15.4. The van der Waals surface area contributed by atoms with E-state index in [2.05, 4.69) is 38.2 Å². The molecular formula is C32H60O4. The Morgan fingerprint density at radius 1 is 0.667 bits per heavy atom. The topological polar surface area (TPSA) is 55.8 Å². The van der Waals surface area contributed by atoms with Gasteiger partial charge in [0.25, 0.3) is 0 Å². The Balaban J connectivity index is 3.39. The summed E-state index contributed by atoms with van der Waals surface area (Å²) < 4.78 is 11.0. The fraction of sp³-hybridized carbons (Fsp3) is 0.844. The Morgan fingerprint density at radius 2 is 1.17 bits per heavy atom. The molecule has 0 aliphatic rings. The number of aliphatic hydroxyl groups excluding tert-OH is 1. The lowest BCUT2D eigenvalue weighted by atomic mass is 10.1. The van der Waals surface area contributed by atoms with Crippen molar-refractivity contribution < 1.29 is 19.4 Å². The molecule has 0 aliphatic heterocycles. The Labute approximate surface area is 224 Å². The van der Waals surface area contributed by atoms with Crippen LogP contribution in [0.2, 0.25) is 0 Å². The summed E-state index contributed by atoms with van der Waals surface area (Å²) in [5, 5.41) is 9.42. The van der Waals surface area contributed by atoms with E-state index in [0.29, 0.717) is 19.6 Å². The van der Waals surface area contributed by atoms with E-state index >= 15 is 0 Å². The minimum Gasteiger partial charge on any atom is -0.457 e. The fourth-order valence-electron chi connectivity index (χ4n) is 4.18. The lowest BCUT2D eigenvalue weighted by Crippen LogP contribution is -2.27. The maximum absolute atomic E-state index is 11.9. The highest BCUT2D eigenvalue weighted by molar-refractivity contribution is 5.69. The predicted octanol–water partition coefficient (Wildman–Crippen LogP) is 9.25. The van der Waals surface area contributed by atoms with Gasteiger partial charge < -0.3 is 14.6 Å². The first-order valence-electron chi connectivity index (χ1n) is 15.4. The largest absolute Gasteiger partial charge is 0.457 e. The summed E-state index contributed by atoms with van der Waals surface area (Å²) in [5.41, 5.74) is 0. The molecule has 0 amide bonds. The van der Waals surface area contributed by atoms with Crippen molar-refractivity contribution in [3.8, 4) is 0 Å². The number of esters is 1. The van der Waals surface area contributed by atoms with Gasteiger partial charge in [-0.3, -0.25) is 4.79 Å². The lowest BCUT2D eigenvalue weighted by molar-refractivity contribution is -0.154. The standard InChI is InChI=1S/C32H60O4/c1-3-5-7-9-10-11-12-13-14-15-16-17-18-19-20-21-22-24-26-28-35-30-31(29-33)36-32(34)27-25-23-8-6-4-2/h11-12,14-15,31,33H,3-10,13,16-30H2,1-2H3/b12-11-,15-14-. The molecule has 4 heteroatoms. The second kappa shape index (κ2) is 30.1. The molecule has 0 aromatic rings. The van der Waals surface area contributed by atoms with Crippen molar-refractivity contribution in [1.82, 2.24) is 0 Å². The summed E-state index contributed by atoms with van der Waals surface area (Å²) in [7, 11) is 0. The molecule has 0 aromatic carbocycles. The number of allylic oxidation sites excluding steroid dienone is 4. The van der Waals surface area contributed by atoms with Crippen LogP contribution < -0.4 is 0 Å². The maximum atomic E-state index is 11.9. The highest BCUT2D eigenvalue weighted by Gasteiger charge is 2.13. The number of rotatable bonds is 28. The Kier molecular flexibility index (Phi) is 29.2. The van der Waals surface area contributed by atoms with E-state index in [0.717, 1.165) is 25.7 Å². The van der Waals surface area contributed by atoms with Gasteiger partial charge in [0.1, 0.15) is 6.10 Å². The molecule has 212 valence electrons. The van der Waals surface area contributed by atoms with Gasteiger partial charge in [-0.15, -0.1) is 0 Å². The zero-order valence-corrected chi connectivity index (χ0v) is 24.0. The lowest BCUT2D eigenvalue weighted by Gasteiger charge is -2.15. The Hall–Kier alpha value is -1.13. The van der Waals surface area contributed by atoms with Crippen molar-refractivity contribution in [2.45, 2.75) is 155 Å². The van der Waals surface area contributed by atoms with E-state index in [1.165, 1.54) is 103 Å². The summed E-state index contributed by atoms with van der Waals surface area (Å²) in [6, 6.07) is 0. The highest BCUT2D eigenvalue weighted by atomic mass is 16.6. The van der Waals surface area contributed by atoms with Crippen LogP contribution in [-0.2, 0) is 14.3 Å².